The summed E-state index contributed by atoms with van der Waals surface area (Å²) < 4.78 is 206. The largest absolute Gasteiger partial charge is 0.456 e. The molecule has 0 aliphatic carbocycles. The molecule has 0 radical (unpaired) electrons. The maximum Gasteiger partial charge on any atom is 0.135 e. The molecule has 2 heteroatoms. The number of aromatic nitrogens is 1. The average molecular weight is 509 g/mol. The molecule has 0 aliphatic rings. The summed E-state index contributed by atoms with van der Waals surface area (Å²) in [6, 6.07) is -18.9. The van der Waals surface area contributed by atoms with E-state index in [1.54, 1.807) is 0 Å². The van der Waals surface area contributed by atoms with E-state index in [2.05, 4.69) is 0 Å². The van der Waals surface area contributed by atoms with Crippen LogP contribution in [0.15, 0.2) is 143 Å². The van der Waals surface area contributed by atoms with Gasteiger partial charge in [-0.05, 0) is 64.6 Å². The van der Waals surface area contributed by atoms with Crippen molar-refractivity contribution in [3.8, 4) is 27.9 Å². The molecule has 8 aromatic rings. The van der Waals surface area contributed by atoms with Crippen LogP contribution < -0.4 is 0 Å². The Balaban J connectivity index is 1.45. The van der Waals surface area contributed by atoms with E-state index in [4.69, 9.17) is 35.9 Å². The van der Waals surface area contributed by atoms with E-state index in [1.807, 2.05) is 0 Å². The van der Waals surface area contributed by atoms with Crippen molar-refractivity contribution < 1.29 is 35.9 Å². The topological polar surface area (TPSA) is 18.1 Å². The van der Waals surface area contributed by atoms with Crippen molar-refractivity contribution in [2.45, 2.75) is 0 Å². The van der Waals surface area contributed by atoms with Crippen LogP contribution in [0, 0.1) is 0 Å². The number of hydrogen-bond acceptors (Lipinski definition) is 1. The van der Waals surface area contributed by atoms with Crippen LogP contribution in [0.25, 0.3) is 71.7 Å². The second-order valence-electron chi connectivity index (χ2n) is 8.02. The van der Waals surface area contributed by atoms with E-state index >= 15 is 0 Å². The van der Waals surface area contributed by atoms with E-state index in [0.717, 1.165) is 4.57 Å². The number of hydrogen-bond donors (Lipinski definition) is 0. The monoisotopic (exact) mass is 508 g/mol. The van der Waals surface area contributed by atoms with Crippen molar-refractivity contribution in [1.82, 2.24) is 4.57 Å². The van der Waals surface area contributed by atoms with Crippen LogP contribution in [0.1, 0.15) is 31.5 Å². The fourth-order valence-electron chi connectivity index (χ4n) is 4.18. The molecule has 0 N–H and O–H groups in total. The summed E-state index contributed by atoms with van der Waals surface area (Å²) in [7, 11) is 0. The molecule has 8 rings (SSSR count). The van der Waals surface area contributed by atoms with Crippen LogP contribution >= 0.6 is 0 Å². The molecular formula is C36H23NO. The van der Waals surface area contributed by atoms with Crippen molar-refractivity contribution in [3.63, 3.8) is 0 Å². The zero-order chi connectivity index (χ0) is 45.1. The minimum atomic E-state index is -0.988. The van der Waals surface area contributed by atoms with Crippen LogP contribution in [0.2, 0.25) is 0 Å². The Bertz CT molecular complexity index is 3270. The van der Waals surface area contributed by atoms with Crippen molar-refractivity contribution in [2.75, 3.05) is 0 Å². The van der Waals surface area contributed by atoms with E-state index in [1.165, 1.54) is 0 Å². The highest BCUT2D eigenvalue weighted by Gasteiger charge is 2.12. The van der Waals surface area contributed by atoms with Gasteiger partial charge in [-0.3, -0.25) is 0 Å². The smallest absolute Gasteiger partial charge is 0.135 e. The third-order valence-electron chi connectivity index (χ3n) is 5.88. The zero-order valence-corrected chi connectivity index (χ0v) is 18.9. The van der Waals surface area contributed by atoms with E-state index in [-0.39, 0.29) is 10.8 Å². The van der Waals surface area contributed by atoms with Gasteiger partial charge in [-0.25, -0.2) is 0 Å². The predicted molar refractivity (Wildman–Crippen MR) is 159 cm³/mol. The first-order valence-electron chi connectivity index (χ1n) is 22.6. The van der Waals surface area contributed by atoms with Gasteiger partial charge in [0.25, 0.3) is 0 Å². The van der Waals surface area contributed by atoms with Crippen LogP contribution in [0.4, 0.5) is 0 Å². The maximum atomic E-state index is 9.14. The summed E-state index contributed by atoms with van der Waals surface area (Å²) in [6.45, 7) is 0. The SMILES string of the molecule is [2H]c1c([2H])c(-c2c([2H])c([2H])c3oc4c([2H])c([2H])c([2H])c([2H])c4c3c2[2H])c([2H])c([2H])c1-c1c([2H])c([2H])c(-n2c3c([2H])c([2H])c([2H])c([2H])c3c3c([2H])c([2H])c([2H])c([2H])c32)c([2H])c1[2H]. The van der Waals surface area contributed by atoms with E-state index in [9.17, 15) is 0 Å². The first-order valence-corrected chi connectivity index (χ1v) is 11.1. The van der Waals surface area contributed by atoms with Crippen LogP contribution in [-0.2, 0) is 0 Å². The normalized spacial score (nSPS) is 20.2. The summed E-state index contributed by atoms with van der Waals surface area (Å²) in [5.74, 6) is 0. The molecule has 0 saturated carbocycles. The zero-order valence-electron chi connectivity index (χ0n) is 41.9. The first kappa shape index (κ1) is 8.47. The van der Waals surface area contributed by atoms with E-state index < -0.39 is 200 Å². The number of rotatable bonds is 3. The highest BCUT2D eigenvalue weighted by atomic mass is 16.3. The Morgan fingerprint density at radius 3 is 1.55 bits per heavy atom. The van der Waals surface area contributed by atoms with Gasteiger partial charge in [0.2, 0.25) is 0 Å². The van der Waals surface area contributed by atoms with E-state index in [0.29, 0.717) is 0 Å². The second kappa shape index (κ2) is 8.22. The minimum Gasteiger partial charge on any atom is -0.456 e. The molecule has 2 aromatic heterocycles. The molecule has 0 bridgehead atoms. The fourth-order valence-corrected chi connectivity index (χ4v) is 4.18. The van der Waals surface area contributed by atoms with Gasteiger partial charge >= 0.3 is 0 Å². The van der Waals surface area contributed by atoms with Crippen LogP contribution in [-0.4, -0.2) is 4.57 Å². The van der Waals surface area contributed by atoms with Crippen molar-refractivity contribution >= 4 is 43.7 Å². The molecule has 6 aromatic carbocycles. The Hall–Kier alpha value is -5.08. The second-order valence-corrected chi connectivity index (χ2v) is 8.02. The van der Waals surface area contributed by atoms with Gasteiger partial charge < -0.3 is 8.98 Å². The summed E-state index contributed by atoms with van der Waals surface area (Å²) in [5.41, 5.74) is -5.54. The molecule has 0 unspecified atom stereocenters. The molecule has 0 amide bonds. The van der Waals surface area contributed by atoms with Gasteiger partial charge in [-0.1, -0.05) is 96.7 Å². The minimum absolute atomic E-state index is 0.328. The summed E-state index contributed by atoms with van der Waals surface area (Å²) in [4.78, 5) is 0. The molecule has 0 spiro atoms. The highest BCUT2D eigenvalue weighted by molar-refractivity contribution is 6.09. The third-order valence-corrected chi connectivity index (χ3v) is 5.88. The standard InChI is InChI=1S/C36H23NO/c1-4-10-33-29(7-1)30-8-2-5-11-34(30)37(33)28-20-17-25(18-21-28)24-13-15-26(16-14-24)27-19-22-36-32(23-27)31-9-3-6-12-35(31)38-36/h1-23H/i1D,2D,3D,4D,5D,6D,7D,8D,9D,10D,11D,12D,13D,14D,15D,16D,17D,18D,19D,20D,21D,22D,23D. The number of para-hydroxylation sites is 3. The van der Waals surface area contributed by atoms with Gasteiger partial charge in [0.05, 0.1) is 42.6 Å². The molecule has 0 atom stereocenters. The molecule has 178 valence electrons. The maximum absolute atomic E-state index is 9.14. The van der Waals surface area contributed by atoms with Crippen LogP contribution in [0.3, 0.4) is 0 Å². The lowest BCUT2D eigenvalue weighted by Gasteiger charge is -2.10. The molecule has 0 saturated heterocycles. The fraction of sp³-hybridized carbons (Fsp3) is 0. The van der Waals surface area contributed by atoms with Crippen molar-refractivity contribution in [2.24, 2.45) is 0 Å². The lowest BCUT2D eigenvalue weighted by Crippen LogP contribution is -1.93. The van der Waals surface area contributed by atoms with Gasteiger partial charge in [0, 0.05) is 27.2 Å². The Kier molecular flexibility index (Phi) is 1.83. The van der Waals surface area contributed by atoms with Crippen molar-refractivity contribution in [1.29, 1.82) is 0 Å². The summed E-state index contributed by atoms with van der Waals surface area (Å²) in [5, 5.41) is -1.49. The van der Waals surface area contributed by atoms with Gasteiger partial charge in [0.1, 0.15) is 11.2 Å². The highest BCUT2D eigenvalue weighted by Crippen LogP contribution is 2.34. The van der Waals surface area contributed by atoms with Gasteiger partial charge in [0.15, 0.2) is 0 Å². The predicted octanol–water partition coefficient (Wildman–Crippen LogP) is 10.0. The van der Waals surface area contributed by atoms with Crippen molar-refractivity contribution in [3.05, 3.63) is 139 Å². The van der Waals surface area contributed by atoms with Gasteiger partial charge in [-0.15, -0.1) is 0 Å². The van der Waals surface area contributed by atoms with Gasteiger partial charge in [-0.2, -0.15) is 0 Å². The first-order chi connectivity index (χ1) is 28.4. The third kappa shape index (κ3) is 3.21. The number of benzene rings is 6. The molecule has 0 fully saturated rings. The lowest BCUT2D eigenvalue weighted by molar-refractivity contribution is 0.669. The lowest BCUT2D eigenvalue weighted by atomic mass is 9.99. The molecule has 2 heterocycles. The number of fused-ring (bicyclic) bond motifs is 6. The number of furan rings is 1. The molecule has 0 aliphatic heterocycles. The Morgan fingerprint density at radius 2 is 0.895 bits per heavy atom. The quantitative estimate of drug-likeness (QED) is 0.232. The Labute approximate surface area is 252 Å². The molecule has 38 heavy (non-hydrogen) atoms. The van der Waals surface area contributed by atoms with Crippen LogP contribution in [0.5, 0.6) is 0 Å². The number of nitrogens with zero attached hydrogens (tertiary/aromatic N) is 1. The summed E-state index contributed by atoms with van der Waals surface area (Å²) in [6.07, 6.45) is 0. The molecular weight excluding hydrogens is 462 g/mol. The molecule has 2 nitrogen and oxygen atoms in total. The average Bonchev–Trinajstić information content (AvgIpc) is 3.80. The summed E-state index contributed by atoms with van der Waals surface area (Å²) >= 11 is 0. The Morgan fingerprint density at radius 1 is 0.421 bits per heavy atom.